The lowest BCUT2D eigenvalue weighted by Crippen LogP contribution is -2.29. The predicted octanol–water partition coefficient (Wildman–Crippen LogP) is 2.54. The van der Waals surface area contributed by atoms with Crippen LogP contribution in [0.5, 0.6) is 0 Å². The summed E-state index contributed by atoms with van der Waals surface area (Å²) >= 11 is 0. The van der Waals surface area contributed by atoms with Crippen molar-refractivity contribution in [3.8, 4) is 0 Å². The van der Waals surface area contributed by atoms with Crippen LogP contribution in [0, 0.1) is 0 Å². The van der Waals surface area contributed by atoms with Crippen molar-refractivity contribution in [3.63, 3.8) is 0 Å². The van der Waals surface area contributed by atoms with Crippen molar-refractivity contribution in [1.29, 1.82) is 0 Å². The molecule has 2 N–H and O–H groups in total. The molecule has 1 aliphatic carbocycles. The number of carbonyl (C=O) groups excluding carboxylic acids is 1. The van der Waals surface area contributed by atoms with E-state index in [2.05, 4.69) is 29.6 Å². The molecule has 0 bridgehead atoms. The largest absolute Gasteiger partial charge is 0.380 e. The number of amides is 1. The smallest absolute Gasteiger partial charge is 0.241 e. The fourth-order valence-electron chi connectivity index (χ4n) is 2.23. The van der Waals surface area contributed by atoms with Gasteiger partial charge in [-0.15, -0.1) is 0 Å². The molecule has 5 nitrogen and oxygen atoms in total. The lowest BCUT2D eigenvalue weighted by molar-refractivity contribution is -0.122. The summed E-state index contributed by atoms with van der Waals surface area (Å²) < 4.78 is 1.69. The highest BCUT2D eigenvalue weighted by Crippen LogP contribution is 2.18. The molecule has 2 rings (SSSR count). The van der Waals surface area contributed by atoms with Crippen molar-refractivity contribution in [2.24, 2.45) is 0 Å². The Labute approximate surface area is 121 Å². The van der Waals surface area contributed by atoms with Crippen LogP contribution in [0.1, 0.15) is 52.4 Å². The van der Waals surface area contributed by atoms with Gasteiger partial charge >= 0.3 is 0 Å². The molecule has 0 spiro atoms. The fourth-order valence-corrected chi connectivity index (χ4v) is 2.23. The molecule has 0 aliphatic heterocycles. The number of hydrogen-bond donors (Lipinski definition) is 2. The third-order valence-electron chi connectivity index (χ3n) is 3.54. The summed E-state index contributed by atoms with van der Waals surface area (Å²) in [5.74, 6) is 0.0538. The zero-order valence-corrected chi connectivity index (χ0v) is 12.6. The average molecular weight is 278 g/mol. The van der Waals surface area contributed by atoms with E-state index in [9.17, 15) is 4.79 Å². The van der Waals surface area contributed by atoms with E-state index >= 15 is 0 Å². The van der Waals surface area contributed by atoms with Gasteiger partial charge in [0.05, 0.1) is 11.9 Å². The number of aromatic nitrogens is 2. The number of unbranched alkanes of at least 4 members (excludes halogenated alkanes) is 2. The van der Waals surface area contributed by atoms with Gasteiger partial charge in [-0.3, -0.25) is 9.48 Å². The minimum Gasteiger partial charge on any atom is -0.380 e. The quantitative estimate of drug-likeness (QED) is 0.682. The molecule has 5 heteroatoms. The molecule has 1 saturated carbocycles. The first kappa shape index (κ1) is 14.9. The molecular formula is C15H26N4O. The highest BCUT2D eigenvalue weighted by atomic mass is 16.2. The molecule has 1 aromatic rings. The number of anilines is 1. The molecule has 1 aliphatic rings. The predicted molar refractivity (Wildman–Crippen MR) is 80.6 cm³/mol. The van der Waals surface area contributed by atoms with E-state index < -0.39 is 0 Å². The second-order valence-corrected chi connectivity index (χ2v) is 5.81. The van der Waals surface area contributed by atoms with Gasteiger partial charge in [-0.1, -0.05) is 26.2 Å². The normalized spacial score (nSPS) is 15.9. The molecule has 1 unspecified atom stereocenters. The van der Waals surface area contributed by atoms with E-state index in [1.165, 1.54) is 25.7 Å². The van der Waals surface area contributed by atoms with Crippen molar-refractivity contribution in [2.45, 2.75) is 71.0 Å². The fraction of sp³-hybridized carbons (Fsp3) is 0.733. The maximum atomic E-state index is 11.7. The summed E-state index contributed by atoms with van der Waals surface area (Å²) in [7, 11) is 0. The zero-order chi connectivity index (χ0) is 14.4. The highest BCUT2D eigenvalue weighted by Gasteiger charge is 2.23. The second-order valence-electron chi connectivity index (χ2n) is 5.81. The molecule has 20 heavy (non-hydrogen) atoms. The third-order valence-corrected chi connectivity index (χ3v) is 3.54. The summed E-state index contributed by atoms with van der Waals surface area (Å²) in [6.45, 7) is 4.71. The standard InChI is InChI=1S/C15H26N4O/c1-3-4-5-6-12(2)17-14-9-16-19(10-14)11-15(20)18-13-7-8-13/h9-10,12-13,17H,3-8,11H2,1-2H3,(H,18,20). The monoisotopic (exact) mass is 278 g/mol. The lowest BCUT2D eigenvalue weighted by Gasteiger charge is -2.12. The van der Waals surface area contributed by atoms with Crippen LogP contribution in [0.25, 0.3) is 0 Å². The van der Waals surface area contributed by atoms with E-state index in [1.807, 2.05) is 6.20 Å². The van der Waals surface area contributed by atoms with E-state index in [0.29, 0.717) is 18.6 Å². The van der Waals surface area contributed by atoms with Crippen LogP contribution >= 0.6 is 0 Å². The minimum absolute atomic E-state index is 0.0538. The Morgan fingerprint density at radius 3 is 3.00 bits per heavy atom. The molecule has 0 saturated heterocycles. The SMILES string of the molecule is CCCCCC(C)Nc1cnn(CC(=O)NC2CC2)c1. The van der Waals surface area contributed by atoms with Gasteiger partial charge in [0, 0.05) is 18.3 Å². The summed E-state index contributed by atoms with van der Waals surface area (Å²) in [4.78, 5) is 11.7. The first-order chi connectivity index (χ1) is 9.67. The summed E-state index contributed by atoms with van der Waals surface area (Å²) in [5.41, 5.74) is 0.994. The molecule has 112 valence electrons. The molecular weight excluding hydrogens is 252 g/mol. The Kier molecular flexibility index (Phi) is 5.44. The van der Waals surface area contributed by atoms with Crippen LogP contribution in [-0.2, 0) is 11.3 Å². The van der Waals surface area contributed by atoms with Crippen LogP contribution < -0.4 is 10.6 Å². The Balaban J connectivity index is 1.71. The molecule has 1 fully saturated rings. The number of hydrogen-bond acceptors (Lipinski definition) is 3. The maximum absolute atomic E-state index is 11.7. The topological polar surface area (TPSA) is 59.0 Å². The number of nitrogens with one attached hydrogen (secondary N) is 2. The second kappa shape index (κ2) is 7.31. The number of rotatable bonds is 9. The van der Waals surface area contributed by atoms with Gasteiger partial charge in [-0.25, -0.2) is 0 Å². The van der Waals surface area contributed by atoms with Gasteiger partial charge < -0.3 is 10.6 Å². The summed E-state index contributed by atoms with van der Waals surface area (Å²) in [6, 6.07) is 0.855. The number of nitrogens with zero attached hydrogens (tertiary/aromatic N) is 2. The highest BCUT2D eigenvalue weighted by molar-refractivity contribution is 5.76. The van der Waals surface area contributed by atoms with Crippen molar-refractivity contribution in [3.05, 3.63) is 12.4 Å². The molecule has 1 aromatic heterocycles. The average Bonchev–Trinajstić information content (AvgIpc) is 3.10. The van der Waals surface area contributed by atoms with Gasteiger partial charge in [0.2, 0.25) is 5.91 Å². The third kappa shape index (κ3) is 5.23. The Hall–Kier alpha value is -1.52. The summed E-state index contributed by atoms with van der Waals surface area (Å²) in [6.07, 6.45) is 10.9. The van der Waals surface area contributed by atoms with E-state index in [0.717, 1.165) is 18.5 Å². The lowest BCUT2D eigenvalue weighted by atomic mass is 10.1. The Bertz CT molecular complexity index is 425. The van der Waals surface area contributed by atoms with E-state index in [-0.39, 0.29) is 5.91 Å². The summed E-state index contributed by atoms with van der Waals surface area (Å²) in [5, 5.41) is 10.6. The van der Waals surface area contributed by atoms with Crippen LogP contribution in [0.3, 0.4) is 0 Å². The first-order valence-electron chi connectivity index (χ1n) is 7.75. The molecule has 0 radical (unpaired) electrons. The van der Waals surface area contributed by atoms with Crippen molar-refractivity contribution >= 4 is 11.6 Å². The maximum Gasteiger partial charge on any atom is 0.241 e. The van der Waals surface area contributed by atoms with Crippen LogP contribution in [0.4, 0.5) is 5.69 Å². The van der Waals surface area contributed by atoms with Crippen molar-refractivity contribution in [2.75, 3.05) is 5.32 Å². The van der Waals surface area contributed by atoms with Crippen LogP contribution in [-0.4, -0.2) is 27.8 Å². The Morgan fingerprint density at radius 2 is 2.30 bits per heavy atom. The van der Waals surface area contributed by atoms with Crippen LogP contribution in [0.15, 0.2) is 12.4 Å². The van der Waals surface area contributed by atoms with E-state index in [4.69, 9.17) is 0 Å². The van der Waals surface area contributed by atoms with Crippen LogP contribution in [0.2, 0.25) is 0 Å². The minimum atomic E-state index is 0.0538. The molecule has 0 aromatic carbocycles. The first-order valence-corrected chi connectivity index (χ1v) is 7.75. The van der Waals surface area contributed by atoms with Gasteiger partial charge in [0.25, 0.3) is 0 Å². The van der Waals surface area contributed by atoms with Gasteiger partial charge in [0.1, 0.15) is 6.54 Å². The van der Waals surface area contributed by atoms with Crippen molar-refractivity contribution in [1.82, 2.24) is 15.1 Å². The Morgan fingerprint density at radius 1 is 1.50 bits per heavy atom. The zero-order valence-electron chi connectivity index (χ0n) is 12.6. The van der Waals surface area contributed by atoms with Gasteiger partial charge in [0.15, 0.2) is 0 Å². The molecule has 1 atom stereocenters. The van der Waals surface area contributed by atoms with Gasteiger partial charge in [-0.2, -0.15) is 5.10 Å². The van der Waals surface area contributed by atoms with E-state index in [1.54, 1.807) is 10.9 Å². The van der Waals surface area contributed by atoms with Crippen molar-refractivity contribution < 1.29 is 4.79 Å². The number of carbonyl (C=O) groups is 1. The molecule has 1 heterocycles. The van der Waals surface area contributed by atoms with Gasteiger partial charge in [-0.05, 0) is 26.2 Å². The molecule has 1 amide bonds.